The van der Waals surface area contributed by atoms with Crippen LogP contribution in [0.25, 0.3) is 0 Å². The Hall–Kier alpha value is -1.48. The highest BCUT2D eigenvalue weighted by Gasteiger charge is 2.19. The molecular formula is C17H17BrO2. The summed E-state index contributed by atoms with van der Waals surface area (Å²) >= 11 is 3.81. The molecule has 0 saturated carbocycles. The number of ether oxygens (including phenoxy) is 2. The second-order valence-electron chi connectivity index (χ2n) is 5.07. The third-order valence-electron chi connectivity index (χ3n) is 3.66. The molecule has 3 heteroatoms. The van der Waals surface area contributed by atoms with Gasteiger partial charge >= 0.3 is 0 Å². The highest BCUT2D eigenvalue weighted by molar-refractivity contribution is 9.09. The number of fused-ring (bicyclic) bond motifs is 1. The van der Waals surface area contributed by atoms with E-state index in [1.165, 1.54) is 16.7 Å². The van der Waals surface area contributed by atoms with Crippen molar-refractivity contribution in [3.63, 3.8) is 0 Å². The number of aryl methyl sites for hydroxylation is 1. The zero-order valence-corrected chi connectivity index (χ0v) is 13.2. The van der Waals surface area contributed by atoms with E-state index in [1.54, 1.807) is 7.11 Å². The van der Waals surface area contributed by atoms with Crippen molar-refractivity contribution in [2.75, 3.05) is 13.7 Å². The Bertz CT molecular complexity index is 637. The zero-order chi connectivity index (χ0) is 14.1. The largest absolute Gasteiger partial charge is 0.496 e. The van der Waals surface area contributed by atoms with Crippen LogP contribution in [0.5, 0.6) is 11.5 Å². The molecular weight excluding hydrogens is 316 g/mol. The van der Waals surface area contributed by atoms with Gasteiger partial charge in [-0.25, -0.2) is 0 Å². The second kappa shape index (κ2) is 5.49. The normalized spacial score (nSPS) is 14.6. The first kappa shape index (κ1) is 13.5. The van der Waals surface area contributed by atoms with E-state index < -0.39 is 0 Å². The summed E-state index contributed by atoms with van der Waals surface area (Å²) in [6, 6.07) is 12.7. The smallest absolute Gasteiger partial charge is 0.123 e. The molecule has 1 aliphatic rings. The number of methoxy groups -OCH3 is 1. The van der Waals surface area contributed by atoms with Crippen LogP contribution in [0.3, 0.4) is 0 Å². The number of hydrogen-bond donors (Lipinski definition) is 0. The molecule has 2 nitrogen and oxygen atoms in total. The highest BCUT2D eigenvalue weighted by Crippen LogP contribution is 2.39. The Balaban J connectivity index is 2.00. The monoisotopic (exact) mass is 332 g/mol. The van der Waals surface area contributed by atoms with Gasteiger partial charge in [-0.15, -0.1) is 0 Å². The maximum Gasteiger partial charge on any atom is 0.123 e. The van der Waals surface area contributed by atoms with Gasteiger partial charge in [0.2, 0.25) is 0 Å². The summed E-state index contributed by atoms with van der Waals surface area (Å²) in [6.07, 6.45) is 0.994. The topological polar surface area (TPSA) is 18.5 Å². The molecule has 0 N–H and O–H groups in total. The Kier molecular flexibility index (Phi) is 3.70. The quantitative estimate of drug-likeness (QED) is 0.774. The minimum absolute atomic E-state index is 0.128. The SMILES string of the molecule is COc1ccc(C)cc1C(Br)c1ccc2c(c1)CCO2. The molecule has 104 valence electrons. The molecule has 1 heterocycles. The van der Waals surface area contributed by atoms with Crippen molar-refractivity contribution in [1.82, 2.24) is 0 Å². The van der Waals surface area contributed by atoms with E-state index >= 15 is 0 Å². The maximum absolute atomic E-state index is 5.56. The van der Waals surface area contributed by atoms with E-state index in [2.05, 4.69) is 53.2 Å². The lowest BCUT2D eigenvalue weighted by molar-refractivity contribution is 0.357. The second-order valence-corrected chi connectivity index (χ2v) is 5.99. The lowest BCUT2D eigenvalue weighted by atomic mass is 9.99. The Labute approximate surface area is 127 Å². The van der Waals surface area contributed by atoms with Crippen molar-refractivity contribution < 1.29 is 9.47 Å². The third kappa shape index (κ3) is 2.42. The molecule has 0 radical (unpaired) electrons. The van der Waals surface area contributed by atoms with E-state index in [1.807, 2.05) is 6.07 Å². The van der Waals surface area contributed by atoms with Gasteiger partial charge in [0.25, 0.3) is 0 Å². The number of hydrogen-bond acceptors (Lipinski definition) is 2. The summed E-state index contributed by atoms with van der Waals surface area (Å²) in [4.78, 5) is 0.128. The van der Waals surface area contributed by atoms with Crippen molar-refractivity contribution >= 4 is 15.9 Å². The molecule has 0 fully saturated rings. The fraction of sp³-hybridized carbons (Fsp3) is 0.294. The summed E-state index contributed by atoms with van der Waals surface area (Å²) in [5.41, 5.74) is 4.91. The van der Waals surface area contributed by atoms with E-state index in [0.717, 1.165) is 30.1 Å². The van der Waals surface area contributed by atoms with Crippen LogP contribution in [0.2, 0.25) is 0 Å². The molecule has 20 heavy (non-hydrogen) atoms. The summed E-state index contributed by atoms with van der Waals surface area (Å²) in [6.45, 7) is 2.89. The lowest BCUT2D eigenvalue weighted by Crippen LogP contribution is -1.98. The minimum Gasteiger partial charge on any atom is -0.496 e. The average molecular weight is 333 g/mol. The van der Waals surface area contributed by atoms with Gasteiger partial charge in [0.05, 0.1) is 18.5 Å². The van der Waals surface area contributed by atoms with E-state index in [0.29, 0.717) is 0 Å². The summed E-state index contributed by atoms with van der Waals surface area (Å²) in [5, 5.41) is 0. The van der Waals surface area contributed by atoms with Crippen LogP contribution in [0.4, 0.5) is 0 Å². The standard InChI is InChI=1S/C17H17BrO2/c1-11-3-5-16(19-2)14(9-11)17(18)13-4-6-15-12(10-13)7-8-20-15/h3-6,9-10,17H,7-8H2,1-2H3. The number of alkyl halides is 1. The molecule has 3 rings (SSSR count). The summed E-state index contributed by atoms with van der Waals surface area (Å²) in [7, 11) is 1.71. The van der Waals surface area contributed by atoms with Gasteiger partial charge in [-0.05, 0) is 30.2 Å². The van der Waals surface area contributed by atoms with Crippen LogP contribution in [-0.4, -0.2) is 13.7 Å². The van der Waals surface area contributed by atoms with Gasteiger partial charge in [0.15, 0.2) is 0 Å². The molecule has 2 aromatic carbocycles. The lowest BCUT2D eigenvalue weighted by Gasteiger charge is -2.16. The number of halogens is 1. The number of rotatable bonds is 3. The van der Waals surface area contributed by atoms with Crippen LogP contribution < -0.4 is 9.47 Å². The zero-order valence-electron chi connectivity index (χ0n) is 11.7. The van der Waals surface area contributed by atoms with Gasteiger partial charge in [-0.3, -0.25) is 0 Å². The van der Waals surface area contributed by atoms with E-state index in [-0.39, 0.29) is 4.83 Å². The van der Waals surface area contributed by atoms with Crippen LogP contribution in [0.15, 0.2) is 36.4 Å². The molecule has 1 aliphatic heterocycles. The predicted octanol–water partition coefficient (Wildman–Crippen LogP) is 4.42. The van der Waals surface area contributed by atoms with Crippen LogP contribution >= 0.6 is 15.9 Å². The Morgan fingerprint density at radius 3 is 2.85 bits per heavy atom. The van der Waals surface area contributed by atoms with E-state index in [4.69, 9.17) is 9.47 Å². The molecule has 0 aromatic heterocycles. The van der Waals surface area contributed by atoms with Crippen LogP contribution in [-0.2, 0) is 6.42 Å². The van der Waals surface area contributed by atoms with Crippen molar-refractivity contribution in [2.45, 2.75) is 18.2 Å². The molecule has 2 aromatic rings. The average Bonchev–Trinajstić information content (AvgIpc) is 2.93. The third-order valence-corrected chi connectivity index (χ3v) is 4.69. The van der Waals surface area contributed by atoms with E-state index in [9.17, 15) is 0 Å². The minimum atomic E-state index is 0.128. The summed E-state index contributed by atoms with van der Waals surface area (Å²) < 4.78 is 11.0. The first-order valence-electron chi connectivity index (χ1n) is 6.73. The molecule has 0 spiro atoms. The van der Waals surface area contributed by atoms with Gasteiger partial charge in [-0.1, -0.05) is 45.8 Å². The van der Waals surface area contributed by atoms with Crippen molar-refractivity contribution in [3.05, 3.63) is 58.7 Å². The molecule has 0 saturated heterocycles. The predicted molar refractivity (Wildman–Crippen MR) is 84.1 cm³/mol. The first-order chi connectivity index (χ1) is 9.69. The fourth-order valence-electron chi connectivity index (χ4n) is 2.60. The van der Waals surface area contributed by atoms with Gasteiger partial charge in [0.1, 0.15) is 11.5 Å². The molecule has 1 unspecified atom stereocenters. The van der Waals surface area contributed by atoms with Crippen molar-refractivity contribution in [3.8, 4) is 11.5 Å². The summed E-state index contributed by atoms with van der Waals surface area (Å²) in [5.74, 6) is 1.93. The Morgan fingerprint density at radius 2 is 2.05 bits per heavy atom. The van der Waals surface area contributed by atoms with Crippen LogP contribution in [0.1, 0.15) is 27.1 Å². The van der Waals surface area contributed by atoms with Gasteiger partial charge < -0.3 is 9.47 Å². The van der Waals surface area contributed by atoms with Crippen molar-refractivity contribution in [2.24, 2.45) is 0 Å². The maximum atomic E-state index is 5.56. The van der Waals surface area contributed by atoms with Gasteiger partial charge in [0, 0.05) is 12.0 Å². The molecule has 0 bridgehead atoms. The molecule has 0 aliphatic carbocycles. The highest BCUT2D eigenvalue weighted by atomic mass is 79.9. The van der Waals surface area contributed by atoms with Crippen LogP contribution in [0, 0.1) is 6.92 Å². The first-order valence-corrected chi connectivity index (χ1v) is 7.65. The number of benzene rings is 2. The fourth-order valence-corrected chi connectivity index (χ4v) is 3.24. The van der Waals surface area contributed by atoms with Crippen molar-refractivity contribution in [1.29, 1.82) is 0 Å². The molecule has 0 amide bonds. The molecule has 1 atom stereocenters. The Morgan fingerprint density at radius 1 is 1.20 bits per heavy atom. The van der Waals surface area contributed by atoms with Gasteiger partial charge in [-0.2, -0.15) is 0 Å².